The van der Waals surface area contributed by atoms with Gasteiger partial charge < -0.3 is 10.1 Å². The lowest BCUT2D eigenvalue weighted by Gasteiger charge is -2.28. The van der Waals surface area contributed by atoms with Crippen molar-refractivity contribution < 1.29 is 4.74 Å². The Morgan fingerprint density at radius 1 is 1.36 bits per heavy atom. The minimum atomic E-state index is 0.325. The summed E-state index contributed by atoms with van der Waals surface area (Å²) in [5, 5.41) is 8.42. The maximum atomic E-state index is 5.17. The Kier molecular flexibility index (Phi) is 4.80. The van der Waals surface area contributed by atoms with Gasteiger partial charge in [0.1, 0.15) is 12.4 Å². The van der Waals surface area contributed by atoms with Gasteiger partial charge in [-0.2, -0.15) is 5.10 Å². The van der Waals surface area contributed by atoms with E-state index in [0.717, 1.165) is 37.6 Å². The lowest BCUT2D eigenvalue weighted by atomic mass is 10.0. The maximum Gasteiger partial charge on any atom is 0.176 e. The number of methoxy groups -OCH3 is 1. The Morgan fingerprint density at radius 3 is 2.86 bits per heavy atom. The van der Waals surface area contributed by atoms with E-state index in [9.17, 15) is 0 Å². The maximum absolute atomic E-state index is 5.17. The van der Waals surface area contributed by atoms with Crippen LogP contribution >= 0.6 is 0 Å². The first-order valence-corrected chi connectivity index (χ1v) is 8.51. The molecule has 3 heterocycles. The van der Waals surface area contributed by atoms with Gasteiger partial charge in [0.05, 0.1) is 6.04 Å². The van der Waals surface area contributed by atoms with Crippen LogP contribution in [0.2, 0.25) is 0 Å². The van der Waals surface area contributed by atoms with Crippen LogP contribution in [-0.4, -0.2) is 51.9 Å². The predicted molar refractivity (Wildman–Crippen MR) is 85.5 cm³/mol. The van der Waals surface area contributed by atoms with Crippen LogP contribution in [0.1, 0.15) is 51.3 Å². The molecule has 124 valence electrons. The van der Waals surface area contributed by atoms with E-state index >= 15 is 0 Å². The van der Waals surface area contributed by atoms with Gasteiger partial charge in [-0.15, -0.1) is 0 Å². The Morgan fingerprint density at radius 2 is 2.18 bits per heavy atom. The molecule has 1 aromatic heterocycles. The molecule has 0 amide bonds. The fraction of sp³-hybridized carbons (Fsp3) is 0.875. The first-order valence-electron chi connectivity index (χ1n) is 8.51. The average molecular weight is 307 g/mol. The van der Waals surface area contributed by atoms with Crippen molar-refractivity contribution in [2.75, 3.05) is 20.2 Å². The van der Waals surface area contributed by atoms with Crippen LogP contribution in [0.3, 0.4) is 0 Å². The topological polar surface area (TPSA) is 55.2 Å². The number of likely N-dealkylation sites (tertiary alicyclic amines) is 1. The van der Waals surface area contributed by atoms with Crippen molar-refractivity contribution in [3.8, 4) is 0 Å². The highest BCUT2D eigenvalue weighted by Gasteiger charge is 2.34. The van der Waals surface area contributed by atoms with Crippen molar-refractivity contribution in [3.63, 3.8) is 0 Å². The first kappa shape index (κ1) is 15.9. The zero-order chi connectivity index (χ0) is 15.7. The normalized spacial score (nSPS) is 29.2. The van der Waals surface area contributed by atoms with Crippen LogP contribution in [-0.2, 0) is 17.9 Å². The molecule has 6 heteroatoms. The Hall–Kier alpha value is -0.980. The van der Waals surface area contributed by atoms with Crippen LogP contribution in [0.4, 0.5) is 0 Å². The largest absolute Gasteiger partial charge is 0.377 e. The number of nitrogens with one attached hydrogen (secondary N) is 1. The van der Waals surface area contributed by atoms with E-state index < -0.39 is 0 Å². The summed E-state index contributed by atoms with van der Waals surface area (Å²) in [5.41, 5.74) is 0. The van der Waals surface area contributed by atoms with Gasteiger partial charge in [-0.1, -0.05) is 6.92 Å². The SMILES string of the molecule is COCc1nc2n(n1)CCC[C@@H]2N[C@@H]1CN(C(C)C)C[C@H]1C. The Labute approximate surface area is 133 Å². The number of aryl methyl sites for hydroxylation is 1. The molecule has 1 fully saturated rings. The van der Waals surface area contributed by atoms with E-state index in [1.165, 1.54) is 6.54 Å². The van der Waals surface area contributed by atoms with Crippen molar-refractivity contribution in [3.05, 3.63) is 11.6 Å². The number of fused-ring (bicyclic) bond motifs is 1. The van der Waals surface area contributed by atoms with Gasteiger partial charge in [-0.05, 0) is 32.6 Å². The van der Waals surface area contributed by atoms with E-state index in [-0.39, 0.29) is 0 Å². The molecule has 0 radical (unpaired) electrons. The average Bonchev–Trinajstić information content (AvgIpc) is 3.04. The van der Waals surface area contributed by atoms with Crippen LogP contribution < -0.4 is 5.32 Å². The summed E-state index contributed by atoms with van der Waals surface area (Å²) in [6, 6.07) is 1.49. The molecule has 1 N–H and O–H groups in total. The van der Waals surface area contributed by atoms with Crippen LogP contribution in [0, 0.1) is 5.92 Å². The Bertz CT molecular complexity index is 501. The minimum absolute atomic E-state index is 0.325. The fourth-order valence-corrected chi connectivity index (χ4v) is 3.65. The molecule has 1 aromatic rings. The van der Waals surface area contributed by atoms with Gasteiger partial charge in [0, 0.05) is 38.8 Å². The molecule has 0 aliphatic carbocycles. The van der Waals surface area contributed by atoms with E-state index in [1.54, 1.807) is 7.11 Å². The highest BCUT2D eigenvalue weighted by Crippen LogP contribution is 2.27. The second-order valence-corrected chi connectivity index (χ2v) is 7.04. The summed E-state index contributed by atoms with van der Waals surface area (Å²) in [5.74, 6) is 2.57. The summed E-state index contributed by atoms with van der Waals surface area (Å²) >= 11 is 0. The molecule has 6 nitrogen and oxygen atoms in total. The lowest BCUT2D eigenvalue weighted by molar-refractivity contribution is 0.177. The fourth-order valence-electron chi connectivity index (χ4n) is 3.65. The smallest absolute Gasteiger partial charge is 0.176 e. The second kappa shape index (κ2) is 6.64. The number of nitrogens with zero attached hydrogens (tertiary/aromatic N) is 4. The zero-order valence-electron chi connectivity index (χ0n) is 14.2. The number of rotatable bonds is 5. The molecule has 0 spiro atoms. The quantitative estimate of drug-likeness (QED) is 0.895. The Balaban J connectivity index is 1.69. The van der Waals surface area contributed by atoms with Crippen LogP contribution in [0.25, 0.3) is 0 Å². The summed E-state index contributed by atoms with van der Waals surface area (Å²) in [7, 11) is 1.69. The number of ether oxygens (including phenoxy) is 1. The minimum Gasteiger partial charge on any atom is -0.377 e. The third kappa shape index (κ3) is 3.19. The molecule has 0 aromatic carbocycles. The highest BCUT2D eigenvalue weighted by molar-refractivity contribution is 5.04. The van der Waals surface area contributed by atoms with Crippen molar-refractivity contribution in [1.82, 2.24) is 25.0 Å². The lowest BCUT2D eigenvalue weighted by Crippen LogP contribution is -2.41. The van der Waals surface area contributed by atoms with Crippen molar-refractivity contribution in [1.29, 1.82) is 0 Å². The summed E-state index contributed by atoms with van der Waals surface area (Å²) < 4.78 is 7.23. The third-order valence-electron chi connectivity index (χ3n) is 4.98. The standard InChI is InChI=1S/C16H29N5O/c1-11(2)20-8-12(3)14(9-20)17-13-6-5-7-21-16(13)18-15(19-21)10-22-4/h11-14,17H,5-10H2,1-4H3/t12-,13+,14-/m1/s1. The molecule has 2 aliphatic heterocycles. The zero-order valence-corrected chi connectivity index (χ0v) is 14.2. The van der Waals surface area contributed by atoms with E-state index in [2.05, 4.69) is 40.8 Å². The van der Waals surface area contributed by atoms with E-state index in [4.69, 9.17) is 9.72 Å². The molecule has 0 saturated carbocycles. The molecule has 3 rings (SSSR count). The third-order valence-corrected chi connectivity index (χ3v) is 4.98. The van der Waals surface area contributed by atoms with Gasteiger partial charge in [0.25, 0.3) is 0 Å². The molecule has 3 atom stereocenters. The van der Waals surface area contributed by atoms with Gasteiger partial charge in [-0.3, -0.25) is 4.90 Å². The highest BCUT2D eigenvalue weighted by atomic mass is 16.5. The first-order chi connectivity index (χ1) is 10.6. The molecule has 22 heavy (non-hydrogen) atoms. The van der Waals surface area contributed by atoms with Gasteiger partial charge in [0.2, 0.25) is 0 Å². The van der Waals surface area contributed by atoms with Crippen LogP contribution in [0.5, 0.6) is 0 Å². The van der Waals surface area contributed by atoms with Crippen molar-refractivity contribution >= 4 is 0 Å². The number of aromatic nitrogens is 3. The van der Waals surface area contributed by atoms with E-state index in [0.29, 0.717) is 30.7 Å². The van der Waals surface area contributed by atoms with E-state index in [1.807, 2.05) is 0 Å². The predicted octanol–water partition coefficient (Wildman–Crippen LogP) is 1.58. The molecule has 0 bridgehead atoms. The summed E-state index contributed by atoms with van der Waals surface area (Å²) in [6.07, 6.45) is 2.31. The van der Waals surface area contributed by atoms with Crippen LogP contribution in [0.15, 0.2) is 0 Å². The number of hydrogen-bond acceptors (Lipinski definition) is 5. The molecule has 0 unspecified atom stereocenters. The van der Waals surface area contributed by atoms with Crippen molar-refractivity contribution in [2.45, 2.75) is 64.9 Å². The molecular formula is C16H29N5O. The summed E-state index contributed by atoms with van der Waals surface area (Å²) in [4.78, 5) is 7.26. The van der Waals surface area contributed by atoms with Gasteiger partial charge in [-0.25, -0.2) is 9.67 Å². The second-order valence-electron chi connectivity index (χ2n) is 7.04. The molecular weight excluding hydrogens is 278 g/mol. The van der Waals surface area contributed by atoms with Gasteiger partial charge >= 0.3 is 0 Å². The van der Waals surface area contributed by atoms with Crippen molar-refractivity contribution in [2.24, 2.45) is 5.92 Å². The number of hydrogen-bond donors (Lipinski definition) is 1. The summed E-state index contributed by atoms with van der Waals surface area (Å²) in [6.45, 7) is 10.7. The monoisotopic (exact) mass is 307 g/mol. The van der Waals surface area contributed by atoms with Gasteiger partial charge in [0.15, 0.2) is 5.82 Å². The molecule has 2 aliphatic rings. The molecule has 1 saturated heterocycles.